The van der Waals surface area contributed by atoms with Crippen LogP contribution in [0, 0.1) is 0 Å². The minimum Gasteiger partial charge on any atom is -0.477 e. The van der Waals surface area contributed by atoms with Crippen molar-refractivity contribution < 1.29 is 14.6 Å². The zero-order chi connectivity index (χ0) is 9.42. The largest absolute Gasteiger partial charge is 0.477 e. The number of aromatic amines is 1. The van der Waals surface area contributed by atoms with Gasteiger partial charge in [-0.2, -0.15) is 0 Å². The molecule has 1 unspecified atom stereocenters. The summed E-state index contributed by atoms with van der Waals surface area (Å²) in [4.78, 5) is 13.5. The van der Waals surface area contributed by atoms with Crippen LogP contribution in [-0.2, 0) is 11.2 Å². The van der Waals surface area contributed by atoms with Crippen LogP contribution < -0.4 is 0 Å². The Labute approximate surface area is 75.5 Å². The van der Waals surface area contributed by atoms with Gasteiger partial charge in [0.05, 0.1) is 6.10 Å². The number of nitrogens with one attached hydrogen (secondary N) is 1. The molecule has 0 spiro atoms. The van der Waals surface area contributed by atoms with Gasteiger partial charge in [0.15, 0.2) is 0 Å². The molecular weight excluding hydrogens is 170 g/mol. The van der Waals surface area contributed by atoms with Crippen LogP contribution in [0.15, 0.2) is 6.07 Å². The minimum atomic E-state index is -0.913. The van der Waals surface area contributed by atoms with Crippen LogP contribution in [0.4, 0.5) is 0 Å². The van der Waals surface area contributed by atoms with E-state index in [2.05, 4.69) is 4.98 Å². The number of aryl methyl sites for hydroxylation is 1. The van der Waals surface area contributed by atoms with E-state index in [1.165, 1.54) is 0 Å². The van der Waals surface area contributed by atoms with Gasteiger partial charge < -0.3 is 14.8 Å². The maximum atomic E-state index is 10.6. The predicted molar refractivity (Wildman–Crippen MR) is 45.8 cm³/mol. The first kappa shape index (κ1) is 8.31. The molecule has 1 atom stereocenters. The Balaban J connectivity index is 2.36. The molecule has 0 bridgehead atoms. The zero-order valence-electron chi connectivity index (χ0n) is 7.33. The number of H-pyrrole nitrogens is 1. The first-order valence-corrected chi connectivity index (χ1v) is 4.20. The van der Waals surface area contributed by atoms with Gasteiger partial charge in [0.25, 0.3) is 0 Å². The lowest BCUT2D eigenvalue weighted by Crippen LogP contribution is -2.00. The third kappa shape index (κ3) is 1.23. The van der Waals surface area contributed by atoms with E-state index in [9.17, 15) is 4.79 Å². The first-order chi connectivity index (χ1) is 6.22. The highest BCUT2D eigenvalue weighted by molar-refractivity contribution is 5.86. The van der Waals surface area contributed by atoms with E-state index in [4.69, 9.17) is 9.84 Å². The number of hydrogen-bond acceptors (Lipinski definition) is 2. The van der Waals surface area contributed by atoms with Crippen LogP contribution in [0.25, 0.3) is 0 Å². The van der Waals surface area contributed by atoms with Crippen LogP contribution in [0.5, 0.6) is 0 Å². The highest BCUT2D eigenvalue weighted by atomic mass is 16.5. The van der Waals surface area contributed by atoms with E-state index in [0.717, 1.165) is 24.1 Å². The van der Waals surface area contributed by atoms with Gasteiger partial charge in [0.1, 0.15) is 5.69 Å². The number of carbonyl (C=O) groups is 1. The Morgan fingerprint density at radius 1 is 1.77 bits per heavy atom. The van der Waals surface area contributed by atoms with Crippen molar-refractivity contribution in [3.8, 4) is 0 Å². The maximum absolute atomic E-state index is 10.6. The molecular formula is C9H11NO3. The number of aromatic nitrogens is 1. The fourth-order valence-corrected chi connectivity index (χ4v) is 1.79. The van der Waals surface area contributed by atoms with Crippen molar-refractivity contribution in [2.75, 3.05) is 7.11 Å². The standard InChI is InChI=1S/C9H11NO3/c1-13-7-3-2-5-4-6(9(11)12)10-8(5)7/h4,7,10H,2-3H2,1H3,(H,11,12). The molecule has 2 rings (SSSR count). The number of carboxylic acid groups (broad SMARTS) is 1. The Kier molecular flexibility index (Phi) is 1.84. The molecule has 1 aromatic heterocycles. The van der Waals surface area contributed by atoms with Gasteiger partial charge in [-0.1, -0.05) is 0 Å². The molecule has 4 nitrogen and oxygen atoms in total. The smallest absolute Gasteiger partial charge is 0.352 e. The van der Waals surface area contributed by atoms with Crippen molar-refractivity contribution in [2.24, 2.45) is 0 Å². The third-order valence-electron chi connectivity index (χ3n) is 2.45. The number of ether oxygens (including phenoxy) is 1. The number of methoxy groups -OCH3 is 1. The summed E-state index contributed by atoms with van der Waals surface area (Å²) in [5, 5.41) is 8.73. The van der Waals surface area contributed by atoms with Gasteiger partial charge in [-0.3, -0.25) is 0 Å². The quantitative estimate of drug-likeness (QED) is 0.723. The summed E-state index contributed by atoms with van der Waals surface area (Å²) in [5.74, 6) is -0.913. The monoisotopic (exact) mass is 181 g/mol. The SMILES string of the molecule is COC1CCc2cc(C(=O)O)[nH]c21. The number of aromatic carboxylic acids is 1. The zero-order valence-corrected chi connectivity index (χ0v) is 7.33. The van der Waals surface area contributed by atoms with Crippen LogP contribution in [0.2, 0.25) is 0 Å². The molecule has 1 heterocycles. The molecule has 1 aliphatic carbocycles. The van der Waals surface area contributed by atoms with Crippen molar-refractivity contribution in [1.29, 1.82) is 0 Å². The molecule has 0 aromatic carbocycles. The second-order valence-corrected chi connectivity index (χ2v) is 3.19. The fraction of sp³-hybridized carbons (Fsp3) is 0.444. The number of rotatable bonds is 2. The summed E-state index contributed by atoms with van der Waals surface area (Å²) in [6, 6.07) is 1.69. The van der Waals surface area contributed by atoms with Gasteiger partial charge in [0.2, 0.25) is 0 Å². The van der Waals surface area contributed by atoms with Crippen LogP contribution in [-0.4, -0.2) is 23.2 Å². The lowest BCUT2D eigenvalue weighted by Gasteiger charge is -2.06. The van der Waals surface area contributed by atoms with Crippen molar-refractivity contribution in [3.63, 3.8) is 0 Å². The highest BCUT2D eigenvalue weighted by Crippen LogP contribution is 2.33. The number of fused-ring (bicyclic) bond motifs is 1. The van der Waals surface area contributed by atoms with Crippen molar-refractivity contribution in [3.05, 3.63) is 23.0 Å². The Bertz CT molecular complexity index is 343. The maximum Gasteiger partial charge on any atom is 0.352 e. The van der Waals surface area contributed by atoms with Crippen LogP contribution >= 0.6 is 0 Å². The fourth-order valence-electron chi connectivity index (χ4n) is 1.79. The molecule has 0 saturated heterocycles. The topological polar surface area (TPSA) is 62.3 Å². The normalized spacial score (nSPS) is 20.2. The van der Waals surface area contributed by atoms with Gasteiger partial charge in [-0.15, -0.1) is 0 Å². The first-order valence-electron chi connectivity index (χ1n) is 4.20. The highest BCUT2D eigenvalue weighted by Gasteiger charge is 2.25. The van der Waals surface area contributed by atoms with E-state index in [1.807, 2.05) is 0 Å². The number of carboxylic acids is 1. The van der Waals surface area contributed by atoms with Crippen molar-refractivity contribution >= 4 is 5.97 Å². The molecule has 4 heteroatoms. The summed E-state index contributed by atoms with van der Waals surface area (Å²) < 4.78 is 5.21. The molecule has 0 saturated carbocycles. The van der Waals surface area contributed by atoms with Crippen molar-refractivity contribution in [1.82, 2.24) is 4.98 Å². The van der Waals surface area contributed by atoms with E-state index in [-0.39, 0.29) is 11.8 Å². The summed E-state index contributed by atoms with van der Waals surface area (Å²) in [6.07, 6.45) is 1.89. The lowest BCUT2D eigenvalue weighted by atomic mass is 10.2. The molecule has 0 amide bonds. The molecule has 70 valence electrons. The van der Waals surface area contributed by atoms with Gasteiger partial charge >= 0.3 is 5.97 Å². The molecule has 0 aliphatic heterocycles. The molecule has 0 radical (unpaired) electrons. The average molecular weight is 181 g/mol. The second kappa shape index (κ2) is 2.88. The second-order valence-electron chi connectivity index (χ2n) is 3.19. The van der Waals surface area contributed by atoms with Crippen molar-refractivity contribution in [2.45, 2.75) is 18.9 Å². The number of hydrogen-bond donors (Lipinski definition) is 2. The Hall–Kier alpha value is -1.29. The van der Waals surface area contributed by atoms with Gasteiger partial charge in [-0.25, -0.2) is 4.79 Å². The Morgan fingerprint density at radius 2 is 2.54 bits per heavy atom. The Morgan fingerprint density at radius 3 is 3.15 bits per heavy atom. The van der Waals surface area contributed by atoms with Gasteiger partial charge in [0, 0.05) is 12.8 Å². The summed E-state index contributed by atoms with van der Waals surface area (Å²) >= 11 is 0. The molecule has 1 aromatic rings. The van der Waals surface area contributed by atoms with E-state index >= 15 is 0 Å². The molecule has 0 fully saturated rings. The molecule has 13 heavy (non-hydrogen) atoms. The van der Waals surface area contributed by atoms with E-state index in [0.29, 0.717) is 0 Å². The third-order valence-corrected chi connectivity index (χ3v) is 2.45. The molecule has 1 aliphatic rings. The van der Waals surface area contributed by atoms with Crippen LogP contribution in [0.3, 0.4) is 0 Å². The summed E-state index contributed by atoms with van der Waals surface area (Å²) in [7, 11) is 1.64. The summed E-state index contributed by atoms with van der Waals surface area (Å²) in [6.45, 7) is 0. The average Bonchev–Trinajstić information content (AvgIpc) is 2.60. The van der Waals surface area contributed by atoms with Gasteiger partial charge in [-0.05, 0) is 24.5 Å². The lowest BCUT2D eigenvalue weighted by molar-refractivity contribution is 0.0688. The predicted octanol–water partition coefficient (Wildman–Crippen LogP) is 1.35. The minimum absolute atomic E-state index is 0.0445. The van der Waals surface area contributed by atoms with Crippen LogP contribution in [0.1, 0.15) is 34.3 Å². The molecule has 2 N–H and O–H groups in total. The summed E-state index contributed by atoms with van der Waals surface area (Å²) in [5.41, 5.74) is 2.26. The van der Waals surface area contributed by atoms with E-state index < -0.39 is 5.97 Å². The van der Waals surface area contributed by atoms with E-state index in [1.54, 1.807) is 13.2 Å².